The summed E-state index contributed by atoms with van der Waals surface area (Å²) in [7, 11) is 0. The highest BCUT2D eigenvalue weighted by atomic mass is 32.2. The lowest BCUT2D eigenvalue weighted by Gasteiger charge is -2.06. The molecule has 2 aromatic heterocycles. The van der Waals surface area contributed by atoms with Crippen molar-refractivity contribution < 1.29 is 9.15 Å². The van der Waals surface area contributed by atoms with Crippen molar-refractivity contribution in [2.24, 2.45) is 5.84 Å². The van der Waals surface area contributed by atoms with Crippen molar-refractivity contribution in [3.05, 3.63) is 18.1 Å². The first kappa shape index (κ1) is 13.6. The molecular formula is C11H15N5O2S. The van der Waals surface area contributed by atoms with Crippen LogP contribution in [0.4, 0.5) is 5.95 Å². The monoisotopic (exact) mass is 281 g/mol. The molecule has 0 aromatic carbocycles. The highest BCUT2D eigenvalue weighted by molar-refractivity contribution is 7.99. The number of hydrogen-bond acceptors (Lipinski definition) is 8. The van der Waals surface area contributed by atoms with Gasteiger partial charge in [0.25, 0.3) is 0 Å². The molecule has 0 aliphatic heterocycles. The molecule has 8 heteroatoms. The van der Waals surface area contributed by atoms with Crippen LogP contribution in [0.15, 0.2) is 26.8 Å². The van der Waals surface area contributed by atoms with Gasteiger partial charge in [-0.1, -0.05) is 6.92 Å². The first-order chi connectivity index (χ1) is 9.22. The molecule has 0 radical (unpaired) electrons. The summed E-state index contributed by atoms with van der Waals surface area (Å²) >= 11 is 1.37. The van der Waals surface area contributed by atoms with E-state index in [4.69, 9.17) is 15.0 Å². The molecule has 0 aliphatic carbocycles. The van der Waals surface area contributed by atoms with Crippen LogP contribution in [0.1, 0.15) is 19.1 Å². The Morgan fingerprint density at radius 3 is 2.89 bits per heavy atom. The van der Waals surface area contributed by atoms with Crippen molar-refractivity contribution >= 4 is 17.7 Å². The highest BCUT2D eigenvalue weighted by Crippen LogP contribution is 2.29. The van der Waals surface area contributed by atoms with Crippen LogP contribution >= 0.6 is 11.8 Å². The van der Waals surface area contributed by atoms with E-state index < -0.39 is 0 Å². The van der Waals surface area contributed by atoms with E-state index in [0.717, 1.165) is 17.1 Å². The summed E-state index contributed by atoms with van der Waals surface area (Å²) in [5.41, 5.74) is 2.40. The highest BCUT2D eigenvalue weighted by Gasteiger charge is 2.11. The molecule has 0 spiro atoms. The second kappa shape index (κ2) is 6.39. The summed E-state index contributed by atoms with van der Waals surface area (Å²) < 4.78 is 10.6. The normalized spacial score (nSPS) is 10.5. The van der Waals surface area contributed by atoms with E-state index in [-0.39, 0.29) is 12.0 Å². The van der Waals surface area contributed by atoms with Gasteiger partial charge in [-0.05, 0) is 31.2 Å². The molecule has 0 bridgehead atoms. The molecule has 0 aliphatic rings. The van der Waals surface area contributed by atoms with Gasteiger partial charge in [-0.25, -0.2) is 5.84 Å². The van der Waals surface area contributed by atoms with Gasteiger partial charge in [0, 0.05) is 0 Å². The minimum atomic E-state index is 0.258. The molecule has 0 saturated heterocycles. The summed E-state index contributed by atoms with van der Waals surface area (Å²) in [5.74, 6) is 6.41. The average molecular weight is 281 g/mol. The first-order valence-electron chi connectivity index (χ1n) is 5.80. The molecule has 2 heterocycles. The standard InChI is InChI=1S/C11H15N5O2S/c1-3-5-18-10-13-9(16-12)14-11(15-10)19-8-4-6-17-7(8)2/h4,6H,3,5,12H2,1-2H3,(H,13,14,15,16). The third kappa shape index (κ3) is 3.58. The van der Waals surface area contributed by atoms with Crippen molar-refractivity contribution in [2.45, 2.75) is 30.3 Å². The summed E-state index contributed by atoms with van der Waals surface area (Å²) in [6, 6.07) is 2.11. The minimum absolute atomic E-state index is 0.258. The van der Waals surface area contributed by atoms with E-state index in [1.807, 2.05) is 19.9 Å². The average Bonchev–Trinajstić information content (AvgIpc) is 2.81. The summed E-state index contributed by atoms with van der Waals surface area (Å²) in [6.45, 7) is 4.43. The molecular weight excluding hydrogens is 266 g/mol. The number of nitrogens with one attached hydrogen (secondary N) is 1. The molecule has 19 heavy (non-hydrogen) atoms. The molecule has 7 nitrogen and oxygen atoms in total. The summed E-state index contributed by atoms with van der Waals surface area (Å²) in [6.07, 6.45) is 2.50. The number of anilines is 1. The third-order valence-corrected chi connectivity index (χ3v) is 3.18. The van der Waals surface area contributed by atoms with Gasteiger partial charge in [0.15, 0.2) is 0 Å². The Morgan fingerprint density at radius 1 is 1.42 bits per heavy atom. The molecule has 2 aromatic rings. The Labute approximate surface area is 114 Å². The molecule has 0 saturated carbocycles. The minimum Gasteiger partial charge on any atom is -0.468 e. The van der Waals surface area contributed by atoms with E-state index in [2.05, 4.69) is 20.4 Å². The number of nitrogens with two attached hydrogens (primary N) is 1. The molecule has 102 valence electrons. The van der Waals surface area contributed by atoms with Crippen molar-refractivity contribution in [3.63, 3.8) is 0 Å². The van der Waals surface area contributed by atoms with E-state index in [0.29, 0.717) is 11.8 Å². The largest absolute Gasteiger partial charge is 0.468 e. The smallest absolute Gasteiger partial charge is 0.322 e. The summed E-state index contributed by atoms with van der Waals surface area (Å²) in [4.78, 5) is 13.3. The maximum absolute atomic E-state index is 5.39. The van der Waals surface area contributed by atoms with Crippen LogP contribution in [-0.2, 0) is 0 Å². The lowest BCUT2D eigenvalue weighted by Crippen LogP contribution is -2.13. The van der Waals surface area contributed by atoms with Gasteiger partial charge in [-0.15, -0.1) is 0 Å². The van der Waals surface area contributed by atoms with Crippen LogP contribution in [0.5, 0.6) is 6.01 Å². The molecule has 2 rings (SSSR count). The van der Waals surface area contributed by atoms with E-state index in [1.54, 1.807) is 6.26 Å². The Balaban J connectivity index is 2.21. The predicted octanol–water partition coefficient (Wildman–Crippen LogP) is 2.00. The number of aryl methyl sites for hydroxylation is 1. The van der Waals surface area contributed by atoms with Gasteiger partial charge in [-0.3, -0.25) is 5.43 Å². The molecule has 0 amide bonds. The second-order valence-electron chi connectivity index (χ2n) is 3.66. The van der Waals surface area contributed by atoms with Crippen LogP contribution in [-0.4, -0.2) is 21.6 Å². The lowest BCUT2D eigenvalue weighted by molar-refractivity contribution is 0.288. The number of nitrogen functional groups attached to an aromatic ring is 1. The fourth-order valence-electron chi connectivity index (χ4n) is 1.28. The van der Waals surface area contributed by atoms with Gasteiger partial charge in [0.05, 0.1) is 17.8 Å². The van der Waals surface area contributed by atoms with E-state index in [1.165, 1.54) is 11.8 Å². The zero-order valence-corrected chi connectivity index (χ0v) is 11.5. The maximum Gasteiger partial charge on any atom is 0.322 e. The van der Waals surface area contributed by atoms with Gasteiger partial charge in [-0.2, -0.15) is 15.0 Å². The van der Waals surface area contributed by atoms with Gasteiger partial charge in [0.2, 0.25) is 11.1 Å². The van der Waals surface area contributed by atoms with Crippen LogP contribution in [0, 0.1) is 6.92 Å². The Bertz CT molecular complexity index is 546. The van der Waals surface area contributed by atoms with Gasteiger partial charge in [0.1, 0.15) is 5.76 Å². The van der Waals surface area contributed by atoms with Gasteiger partial charge < -0.3 is 9.15 Å². The van der Waals surface area contributed by atoms with Crippen LogP contribution in [0.25, 0.3) is 0 Å². The number of rotatable bonds is 6. The second-order valence-corrected chi connectivity index (χ2v) is 4.67. The van der Waals surface area contributed by atoms with Crippen LogP contribution in [0.2, 0.25) is 0 Å². The Hall–Kier alpha value is -1.80. The van der Waals surface area contributed by atoms with E-state index >= 15 is 0 Å². The van der Waals surface area contributed by atoms with Crippen molar-refractivity contribution in [3.8, 4) is 6.01 Å². The number of ether oxygens (including phenoxy) is 1. The zero-order chi connectivity index (χ0) is 13.7. The first-order valence-corrected chi connectivity index (χ1v) is 6.62. The lowest BCUT2D eigenvalue weighted by atomic mass is 10.5. The molecule has 3 N–H and O–H groups in total. The Kier molecular flexibility index (Phi) is 4.58. The number of hydrogen-bond donors (Lipinski definition) is 2. The Morgan fingerprint density at radius 2 is 2.26 bits per heavy atom. The number of aromatic nitrogens is 3. The quantitative estimate of drug-likeness (QED) is 0.612. The number of hydrazine groups is 1. The van der Waals surface area contributed by atoms with Crippen LogP contribution < -0.4 is 16.0 Å². The maximum atomic E-state index is 5.39. The van der Waals surface area contributed by atoms with Gasteiger partial charge >= 0.3 is 6.01 Å². The topological polar surface area (TPSA) is 99.1 Å². The summed E-state index contributed by atoms with van der Waals surface area (Å²) in [5, 5.41) is 0.499. The number of nitrogens with zero attached hydrogens (tertiary/aromatic N) is 3. The SMILES string of the molecule is CCCOc1nc(NN)nc(Sc2ccoc2C)n1. The zero-order valence-electron chi connectivity index (χ0n) is 10.7. The third-order valence-electron chi connectivity index (χ3n) is 2.17. The van der Waals surface area contributed by atoms with Crippen LogP contribution in [0.3, 0.4) is 0 Å². The van der Waals surface area contributed by atoms with Crippen molar-refractivity contribution in [2.75, 3.05) is 12.0 Å². The van der Waals surface area contributed by atoms with E-state index in [9.17, 15) is 0 Å². The van der Waals surface area contributed by atoms with Crippen molar-refractivity contribution in [1.29, 1.82) is 0 Å². The predicted molar refractivity (Wildman–Crippen MR) is 71.0 cm³/mol. The molecule has 0 atom stereocenters. The molecule has 0 fully saturated rings. The fourth-order valence-corrected chi connectivity index (χ4v) is 2.05. The van der Waals surface area contributed by atoms with Crippen molar-refractivity contribution in [1.82, 2.24) is 15.0 Å². The fraction of sp³-hybridized carbons (Fsp3) is 0.364. The number of furan rings is 1. The molecule has 0 unspecified atom stereocenters.